The zero-order valence-corrected chi connectivity index (χ0v) is 17.7. The minimum Gasteiger partial charge on any atom is -0.369 e. The molecule has 2 N–H and O–H groups in total. The molecule has 8 nitrogen and oxygen atoms in total. The van der Waals surface area contributed by atoms with E-state index in [-0.39, 0.29) is 5.56 Å². The zero-order valence-electron chi connectivity index (χ0n) is 17.7. The largest absolute Gasteiger partial charge is 0.369 e. The van der Waals surface area contributed by atoms with Gasteiger partial charge >= 0.3 is 0 Å². The third-order valence-electron chi connectivity index (χ3n) is 6.38. The average Bonchev–Trinajstić information content (AvgIpc) is 3.56. The molecule has 1 aromatic carbocycles. The van der Waals surface area contributed by atoms with Gasteiger partial charge in [-0.2, -0.15) is 5.10 Å². The van der Waals surface area contributed by atoms with Crippen molar-refractivity contribution in [1.29, 1.82) is 0 Å². The van der Waals surface area contributed by atoms with Crippen LogP contribution in [-0.4, -0.2) is 56.7 Å². The molecule has 1 saturated heterocycles. The monoisotopic (exact) mass is 427 g/mol. The molecule has 0 amide bonds. The fraction of sp³-hybridized carbons (Fsp3) is 0.292. The first-order valence-electron chi connectivity index (χ1n) is 11.1. The van der Waals surface area contributed by atoms with Gasteiger partial charge in [0.25, 0.3) is 0 Å². The summed E-state index contributed by atoms with van der Waals surface area (Å²) < 4.78 is 1.75. The number of aromatic nitrogens is 4. The molecule has 8 heteroatoms. The maximum atomic E-state index is 11.7. The highest BCUT2D eigenvalue weighted by Crippen LogP contribution is 2.30. The lowest BCUT2D eigenvalue weighted by molar-refractivity contribution is 0.248. The summed E-state index contributed by atoms with van der Waals surface area (Å²) in [6.07, 6.45) is 5.93. The summed E-state index contributed by atoms with van der Waals surface area (Å²) in [5.74, 6) is 0. The number of pyridine rings is 2. The molecule has 2 aliphatic rings. The summed E-state index contributed by atoms with van der Waals surface area (Å²) in [4.78, 5) is 23.9. The van der Waals surface area contributed by atoms with Crippen molar-refractivity contribution in [1.82, 2.24) is 24.5 Å². The Kier molecular flexibility index (Phi) is 4.65. The van der Waals surface area contributed by atoms with Crippen molar-refractivity contribution < 1.29 is 0 Å². The Morgan fingerprint density at radius 1 is 0.969 bits per heavy atom. The van der Waals surface area contributed by atoms with Crippen molar-refractivity contribution in [3.63, 3.8) is 0 Å². The molecule has 0 spiro atoms. The minimum atomic E-state index is -0.146. The Hall–Kier alpha value is -3.65. The number of benzene rings is 1. The van der Waals surface area contributed by atoms with Crippen LogP contribution in [0.3, 0.4) is 0 Å². The van der Waals surface area contributed by atoms with Crippen molar-refractivity contribution in [2.24, 2.45) is 0 Å². The molecule has 4 heterocycles. The molecule has 0 bridgehead atoms. The van der Waals surface area contributed by atoms with Crippen LogP contribution < -0.4 is 15.8 Å². The highest BCUT2D eigenvalue weighted by atomic mass is 16.1. The summed E-state index contributed by atoms with van der Waals surface area (Å²) in [5, 5.41) is 7.83. The molecule has 1 aliphatic carbocycles. The van der Waals surface area contributed by atoms with Crippen LogP contribution in [0.2, 0.25) is 0 Å². The molecular weight excluding hydrogens is 402 g/mol. The molecule has 2 fully saturated rings. The number of aromatic amines is 1. The first kappa shape index (κ1) is 19.1. The Morgan fingerprint density at radius 3 is 2.53 bits per heavy atom. The molecule has 4 aromatic rings. The first-order chi connectivity index (χ1) is 15.7. The van der Waals surface area contributed by atoms with Crippen LogP contribution in [0, 0.1) is 0 Å². The molecule has 162 valence electrons. The van der Waals surface area contributed by atoms with E-state index in [0.717, 1.165) is 54.9 Å². The van der Waals surface area contributed by atoms with Gasteiger partial charge in [-0.3, -0.25) is 9.69 Å². The van der Waals surface area contributed by atoms with E-state index in [9.17, 15) is 4.79 Å². The molecule has 0 unspecified atom stereocenters. The van der Waals surface area contributed by atoms with E-state index in [1.54, 1.807) is 16.8 Å². The van der Waals surface area contributed by atoms with Gasteiger partial charge in [0, 0.05) is 61.4 Å². The topological polar surface area (TPSA) is 81.6 Å². The number of H-pyrrole nitrogens is 1. The van der Waals surface area contributed by atoms with Gasteiger partial charge in [0.05, 0.1) is 11.4 Å². The number of fused-ring (bicyclic) bond motifs is 1. The second-order valence-corrected chi connectivity index (χ2v) is 8.50. The highest BCUT2D eigenvalue weighted by Gasteiger charge is 2.31. The van der Waals surface area contributed by atoms with Crippen LogP contribution in [0.25, 0.3) is 16.9 Å². The molecule has 6 rings (SSSR count). The number of piperazine rings is 1. The fourth-order valence-electron chi connectivity index (χ4n) is 4.52. The van der Waals surface area contributed by atoms with E-state index >= 15 is 0 Å². The Balaban J connectivity index is 1.21. The van der Waals surface area contributed by atoms with E-state index in [0.29, 0.717) is 5.65 Å². The van der Waals surface area contributed by atoms with Crippen molar-refractivity contribution in [2.45, 2.75) is 18.9 Å². The van der Waals surface area contributed by atoms with Gasteiger partial charge in [0.15, 0.2) is 5.65 Å². The molecule has 1 aliphatic heterocycles. The molecule has 0 atom stereocenters. The van der Waals surface area contributed by atoms with E-state index < -0.39 is 0 Å². The zero-order chi connectivity index (χ0) is 21.5. The van der Waals surface area contributed by atoms with E-state index in [2.05, 4.69) is 54.4 Å². The Morgan fingerprint density at radius 2 is 1.78 bits per heavy atom. The number of hydrogen-bond acceptors (Lipinski definition) is 6. The lowest BCUT2D eigenvalue weighted by atomic mass is 10.1. The minimum absolute atomic E-state index is 0.146. The Labute approximate surface area is 185 Å². The summed E-state index contributed by atoms with van der Waals surface area (Å²) in [6, 6.07) is 16.8. The lowest BCUT2D eigenvalue weighted by Gasteiger charge is -2.36. The van der Waals surface area contributed by atoms with Gasteiger partial charge in [0.2, 0.25) is 5.56 Å². The first-order valence-corrected chi connectivity index (χ1v) is 11.1. The van der Waals surface area contributed by atoms with Crippen LogP contribution in [0.5, 0.6) is 0 Å². The van der Waals surface area contributed by atoms with E-state index in [1.807, 2.05) is 18.2 Å². The predicted octanol–water partition coefficient (Wildman–Crippen LogP) is 3.11. The molecule has 3 aromatic heterocycles. The second kappa shape index (κ2) is 7.80. The molecular formula is C24H25N7O. The highest BCUT2D eigenvalue weighted by molar-refractivity contribution is 5.77. The second-order valence-electron chi connectivity index (χ2n) is 8.50. The van der Waals surface area contributed by atoms with Crippen LogP contribution in [0.4, 0.5) is 17.1 Å². The number of rotatable bonds is 5. The molecule has 1 saturated carbocycles. The van der Waals surface area contributed by atoms with Crippen molar-refractivity contribution in [2.75, 3.05) is 36.4 Å². The Bertz CT molecular complexity index is 1300. The third-order valence-corrected chi connectivity index (χ3v) is 6.38. The maximum absolute atomic E-state index is 11.7. The smallest absolute Gasteiger partial charge is 0.248 e. The number of anilines is 3. The van der Waals surface area contributed by atoms with Crippen molar-refractivity contribution in [3.05, 3.63) is 71.4 Å². The van der Waals surface area contributed by atoms with Crippen LogP contribution in [0.15, 0.2) is 65.8 Å². The predicted molar refractivity (Wildman–Crippen MR) is 126 cm³/mol. The number of nitrogens with one attached hydrogen (secondary N) is 2. The molecule has 32 heavy (non-hydrogen) atoms. The lowest BCUT2D eigenvalue weighted by Crippen LogP contribution is -2.47. The van der Waals surface area contributed by atoms with E-state index in [1.165, 1.54) is 24.9 Å². The number of hydrogen-bond donors (Lipinski definition) is 2. The fourth-order valence-corrected chi connectivity index (χ4v) is 4.52. The maximum Gasteiger partial charge on any atom is 0.248 e. The third kappa shape index (κ3) is 3.62. The normalized spacial score (nSPS) is 17.1. The van der Waals surface area contributed by atoms with Gasteiger partial charge < -0.3 is 15.2 Å². The number of nitrogens with zero attached hydrogens (tertiary/aromatic N) is 5. The molecule has 0 radical (unpaired) electrons. The van der Waals surface area contributed by atoms with Gasteiger partial charge in [-0.25, -0.2) is 9.50 Å². The van der Waals surface area contributed by atoms with Gasteiger partial charge in [-0.15, -0.1) is 0 Å². The quantitative estimate of drug-likeness (QED) is 0.509. The van der Waals surface area contributed by atoms with Gasteiger partial charge in [-0.1, -0.05) is 0 Å². The van der Waals surface area contributed by atoms with Gasteiger partial charge in [-0.05, 0) is 55.3 Å². The van der Waals surface area contributed by atoms with Crippen LogP contribution in [0.1, 0.15) is 12.8 Å². The summed E-state index contributed by atoms with van der Waals surface area (Å²) in [5.41, 5.74) is 5.30. The van der Waals surface area contributed by atoms with Crippen molar-refractivity contribution >= 4 is 22.7 Å². The van der Waals surface area contributed by atoms with Gasteiger partial charge in [0.1, 0.15) is 6.33 Å². The van der Waals surface area contributed by atoms with Crippen LogP contribution >= 0.6 is 0 Å². The van der Waals surface area contributed by atoms with Crippen molar-refractivity contribution in [3.8, 4) is 11.3 Å². The summed E-state index contributed by atoms with van der Waals surface area (Å²) >= 11 is 0. The van der Waals surface area contributed by atoms with E-state index in [4.69, 9.17) is 0 Å². The summed E-state index contributed by atoms with van der Waals surface area (Å²) in [7, 11) is 0. The standard InChI is InChI=1S/C24H25N7O/c32-23-15-17(9-10-25-23)22-8-7-21(24-26-16-27-31(22)24)28-18-1-3-19(4-2-18)29-11-13-30(14-12-29)20-5-6-20/h1-4,7-10,15-16,20,28H,5-6,11-14H2,(H,25,32). The summed E-state index contributed by atoms with van der Waals surface area (Å²) in [6.45, 7) is 4.51. The van der Waals surface area contributed by atoms with Crippen LogP contribution in [-0.2, 0) is 0 Å². The SMILES string of the molecule is O=c1cc(-c2ccc(Nc3ccc(N4CCN(C5CC5)CC4)cc3)c3ncnn23)cc[nH]1. The average molecular weight is 428 g/mol.